The number of hydrogen-bond donors (Lipinski definition) is 1. The fourth-order valence-corrected chi connectivity index (χ4v) is 4.89. The van der Waals surface area contributed by atoms with Gasteiger partial charge in [0.05, 0.1) is 43.3 Å². The van der Waals surface area contributed by atoms with Crippen molar-refractivity contribution in [2.75, 3.05) is 45.6 Å². The number of halogens is 1. The molecule has 10 heteroatoms. The highest BCUT2D eigenvalue weighted by molar-refractivity contribution is 9.10. The smallest absolute Gasteiger partial charge is 0.253 e. The minimum Gasteiger partial charge on any atom is -0.543 e. The van der Waals surface area contributed by atoms with Gasteiger partial charge in [0, 0.05) is 5.75 Å². The van der Waals surface area contributed by atoms with Crippen LogP contribution in [0.3, 0.4) is 0 Å². The van der Waals surface area contributed by atoms with Gasteiger partial charge < -0.3 is 24.4 Å². The predicted octanol–water partition coefficient (Wildman–Crippen LogP) is -0.793. The Balaban J connectivity index is 1.72. The summed E-state index contributed by atoms with van der Waals surface area (Å²) in [5.41, 5.74) is 0.472. The van der Waals surface area contributed by atoms with Crippen LogP contribution in [0.4, 0.5) is 0 Å². The molecule has 3 rings (SSSR count). The summed E-state index contributed by atoms with van der Waals surface area (Å²) in [7, 11) is 2.14. The fraction of sp³-hybridized carbons (Fsp3) is 0.611. The van der Waals surface area contributed by atoms with E-state index in [2.05, 4.69) is 28.3 Å². The summed E-state index contributed by atoms with van der Waals surface area (Å²) in [4.78, 5) is 36.9. The van der Waals surface area contributed by atoms with Crippen molar-refractivity contribution >= 4 is 45.5 Å². The zero-order valence-electron chi connectivity index (χ0n) is 15.9. The van der Waals surface area contributed by atoms with E-state index in [1.54, 1.807) is 13.0 Å². The number of amides is 2. The lowest BCUT2D eigenvalue weighted by Gasteiger charge is -2.50. The number of carboxylic acids is 1. The topological polar surface area (TPSA) is 98.8 Å². The molecule has 1 N–H and O–H groups in total. The quantitative estimate of drug-likeness (QED) is 0.308. The molecule has 154 valence electrons. The maximum atomic E-state index is 12.5. The Labute approximate surface area is 176 Å². The standard InChI is InChI=1S/C18H24BrN3O5S/c1-11(19)15(23)20-13-16(24)21-14(18(25)26)12(10-28-17(13)21)4-3-5-22(2)6-8-27-9-7-22/h3-4,11,13,17H,5-10H2,1-2H3,(H-,20,23,25,26)/t11?,13-,17-/m1/s1. The molecule has 0 spiro atoms. The number of carbonyl (C=O) groups excluding carboxylic acids is 3. The van der Waals surface area contributed by atoms with Crippen LogP contribution in [0.15, 0.2) is 23.4 Å². The minimum absolute atomic E-state index is 0.0907. The molecule has 0 saturated carbocycles. The summed E-state index contributed by atoms with van der Waals surface area (Å²) >= 11 is 4.61. The summed E-state index contributed by atoms with van der Waals surface area (Å²) in [6, 6.07) is -0.713. The number of allylic oxidation sites excluding steroid dienone is 1. The lowest BCUT2D eigenvalue weighted by Crippen LogP contribution is -2.71. The molecule has 2 amide bonds. The molecule has 3 aliphatic rings. The molecule has 28 heavy (non-hydrogen) atoms. The van der Waals surface area contributed by atoms with Crippen LogP contribution in [0.5, 0.6) is 0 Å². The number of thioether (sulfide) groups is 1. The van der Waals surface area contributed by atoms with Crippen LogP contribution in [0.25, 0.3) is 0 Å². The van der Waals surface area contributed by atoms with Crippen molar-refractivity contribution in [3.63, 3.8) is 0 Å². The van der Waals surface area contributed by atoms with Gasteiger partial charge in [-0.1, -0.05) is 22.0 Å². The monoisotopic (exact) mass is 473 g/mol. The van der Waals surface area contributed by atoms with Gasteiger partial charge in [-0.25, -0.2) is 0 Å². The van der Waals surface area contributed by atoms with Crippen molar-refractivity contribution in [2.45, 2.75) is 23.2 Å². The van der Waals surface area contributed by atoms with E-state index in [9.17, 15) is 19.5 Å². The van der Waals surface area contributed by atoms with Crippen molar-refractivity contribution in [3.05, 3.63) is 23.4 Å². The second-order valence-electron chi connectivity index (χ2n) is 7.44. The summed E-state index contributed by atoms with van der Waals surface area (Å²) in [6.45, 7) is 5.68. The number of β-lactam (4-membered cyclic amide) rings is 1. The second-order valence-corrected chi connectivity index (χ2v) is 9.92. The van der Waals surface area contributed by atoms with Gasteiger partial charge in [-0.15, -0.1) is 11.8 Å². The number of rotatable bonds is 6. The molecule has 2 fully saturated rings. The van der Waals surface area contributed by atoms with Crippen LogP contribution in [0, 0.1) is 0 Å². The van der Waals surface area contributed by atoms with Crippen LogP contribution in [-0.4, -0.2) is 89.1 Å². The van der Waals surface area contributed by atoms with Gasteiger partial charge in [0.2, 0.25) is 5.91 Å². The molecule has 0 aromatic carbocycles. The Hall–Kier alpha value is -1.36. The summed E-state index contributed by atoms with van der Waals surface area (Å²) < 4.78 is 6.23. The van der Waals surface area contributed by atoms with Gasteiger partial charge in [-0.05, 0) is 18.6 Å². The highest BCUT2D eigenvalue weighted by Gasteiger charge is 2.52. The van der Waals surface area contributed by atoms with Gasteiger partial charge in [-0.3, -0.25) is 14.5 Å². The molecule has 1 unspecified atom stereocenters. The average Bonchev–Trinajstić information content (AvgIpc) is 2.65. The van der Waals surface area contributed by atoms with Crippen molar-refractivity contribution in [2.24, 2.45) is 0 Å². The molecule has 0 radical (unpaired) electrons. The first kappa shape index (κ1) is 21.4. The number of hydrogen-bond acceptors (Lipinski definition) is 6. The molecule has 3 aliphatic heterocycles. The third-order valence-electron chi connectivity index (χ3n) is 5.27. The molecule has 2 saturated heterocycles. The molecule has 0 aromatic heterocycles. The summed E-state index contributed by atoms with van der Waals surface area (Å²) in [5, 5.41) is 14.0. The Morgan fingerprint density at radius 3 is 2.75 bits per heavy atom. The summed E-state index contributed by atoms with van der Waals surface area (Å²) in [6.07, 6.45) is 3.74. The van der Waals surface area contributed by atoms with Crippen LogP contribution < -0.4 is 10.4 Å². The van der Waals surface area contributed by atoms with Crippen molar-refractivity contribution < 1.29 is 28.7 Å². The van der Waals surface area contributed by atoms with E-state index in [0.29, 0.717) is 11.3 Å². The molecule has 0 aromatic rings. The van der Waals surface area contributed by atoms with Crippen LogP contribution in [0.2, 0.25) is 0 Å². The number of aliphatic carboxylic acids is 1. The van der Waals surface area contributed by atoms with Gasteiger partial charge in [0.1, 0.15) is 24.5 Å². The van der Waals surface area contributed by atoms with E-state index in [4.69, 9.17) is 4.74 Å². The van der Waals surface area contributed by atoms with Crippen LogP contribution in [-0.2, 0) is 19.1 Å². The first-order valence-corrected chi connectivity index (χ1v) is 11.1. The van der Waals surface area contributed by atoms with E-state index in [1.165, 1.54) is 16.7 Å². The number of ether oxygens (including phenoxy) is 1. The van der Waals surface area contributed by atoms with Gasteiger partial charge in [-0.2, -0.15) is 0 Å². The lowest BCUT2D eigenvalue weighted by molar-refractivity contribution is -0.911. The van der Waals surface area contributed by atoms with Crippen molar-refractivity contribution in [1.29, 1.82) is 0 Å². The number of carboxylic acid groups (broad SMARTS) is 1. The Kier molecular flexibility index (Phi) is 6.53. The Morgan fingerprint density at radius 2 is 2.14 bits per heavy atom. The van der Waals surface area contributed by atoms with Gasteiger partial charge in [0.25, 0.3) is 5.91 Å². The molecular formula is C18H24BrN3O5S. The molecule has 8 nitrogen and oxygen atoms in total. The van der Waals surface area contributed by atoms with Crippen molar-refractivity contribution in [1.82, 2.24) is 10.2 Å². The van der Waals surface area contributed by atoms with E-state index in [1.807, 2.05) is 6.08 Å². The highest BCUT2D eigenvalue weighted by atomic mass is 79.9. The Morgan fingerprint density at radius 1 is 1.46 bits per heavy atom. The maximum Gasteiger partial charge on any atom is 0.253 e. The van der Waals surface area contributed by atoms with E-state index >= 15 is 0 Å². The first-order chi connectivity index (χ1) is 13.2. The van der Waals surface area contributed by atoms with E-state index in [0.717, 1.165) is 37.3 Å². The minimum atomic E-state index is -1.37. The lowest BCUT2D eigenvalue weighted by atomic mass is 10.0. The van der Waals surface area contributed by atoms with E-state index < -0.39 is 28.1 Å². The maximum absolute atomic E-state index is 12.5. The highest BCUT2D eigenvalue weighted by Crippen LogP contribution is 2.40. The number of quaternary nitrogens is 1. The second kappa shape index (κ2) is 8.56. The molecule has 0 aliphatic carbocycles. The molecule has 3 atom stereocenters. The number of morpholine rings is 1. The number of nitrogens with zero attached hydrogens (tertiary/aromatic N) is 2. The first-order valence-electron chi connectivity index (χ1n) is 9.15. The van der Waals surface area contributed by atoms with Crippen molar-refractivity contribution in [3.8, 4) is 0 Å². The summed E-state index contributed by atoms with van der Waals surface area (Å²) in [5.74, 6) is -1.65. The molecule has 3 heterocycles. The zero-order chi connectivity index (χ0) is 20.5. The number of fused-ring (bicyclic) bond motifs is 1. The fourth-order valence-electron chi connectivity index (χ4n) is 3.44. The number of nitrogens with one attached hydrogen (secondary N) is 1. The van der Waals surface area contributed by atoms with Crippen LogP contribution >= 0.6 is 27.7 Å². The average molecular weight is 474 g/mol. The number of alkyl halides is 1. The van der Waals surface area contributed by atoms with Gasteiger partial charge in [0.15, 0.2) is 0 Å². The Bertz CT molecular complexity index is 733. The van der Waals surface area contributed by atoms with Gasteiger partial charge >= 0.3 is 0 Å². The third-order valence-corrected chi connectivity index (χ3v) is 6.98. The number of carbonyl (C=O) groups is 3. The predicted molar refractivity (Wildman–Crippen MR) is 106 cm³/mol. The normalized spacial score (nSPS) is 28.0. The SMILES string of the molecule is CC(Br)C(=O)N[C@@H]1C(=O)N2C(C(=O)[O-])=C(C=CC[N+]3(C)CCOCC3)CS[C@H]12. The molecule has 0 bridgehead atoms. The molecular weight excluding hydrogens is 450 g/mol. The van der Waals surface area contributed by atoms with E-state index in [-0.39, 0.29) is 11.6 Å². The zero-order valence-corrected chi connectivity index (χ0v) is 18.3. The third kappa shape index (κ3) is 4.29. The number of likely N-dealkylation sites (N-methyl/N-ethyl adjacent to an activating group) is 1. The largest absolute Gasteiger partial charge is 0.543 e. The van der Waals surface area contributed by atoms with Crippen LogP contribution in [0.1, 0.15) is 6.92 Å².